The maximum Gasteiger partial charge on any atom is 0.573 e. The van der Waals surface area contributed by atoms with E-state index in [-0.39, 0.29) is 5.75 Å². The Morgan fingerprint density at radius 3 is 2.67 bits per heavy atom. The predicted molar refractivity (Wildman–Crippen MR) is 82.3 cm³/mol. The van der Waals surface area contributed by atoms with Crippen molar-refractivity contribution in [3.8, 4) is 17.1 Å². The summed E-state index contributed by atoms with van der Waals surface area (Å²) in [7, 11) is 0. The number of alkyl halides is 3. The van der Waals surface area contributed by atoms with Crippen molar-refractivity contribution in [2.45, 2.75) is 12.9 Å². The first kappa shape index (κ1) is 15.9. The van der Waals surface area contributed by atoms with Crippen molar-refractivity contribution in [1.82, 2.24) is 15.2 Å². The minimum atomic E-state index is -4.70. The number of benzene rings is 2. The molecule has 2 N–H and O–H groups in total. The summed E-state index contributed by atoms with van der Waals surface area (Å²) in [5, 5.41) is 9.72. The molecule has 0 aliphatic heterocycles. The second-order valence-electron chi connectivity index (χ2n) is 4.96. The van der Waals surface area contributed by atoms with Crippen molar-refractivity contribution in [3.63, 3.8) is 0 Å². The van der Waals surface area contributed by atoms with Gasteiger partial charge in [-0.25, -0.2) is 4.98 Å². The van der Waals surface area contributed by atoms with E-state index in [0.29, 0.717) is 17.9 Å². The molecule has 3 rings (SSSR count). The fraction of sp³-hybridized carbons (Fsp3) is 0.125. The fourth-order valence-electron chi connectivity index (χ4n) is 2.18. The Hall–Kier alpha value is -3.03. The lowest BCUT2D eigenvalue weighted by atomic mass is 10.1. The van der Waals surface area contributed by atoms with Crippen molar-refractivity contribution in [2.75, 3.05) is 5.32 Å². The summed E-state index contributed by atoms with van der Waals surface area (Å²) in [6.45, 7) is 0.356. The molecular formula is C16H13F3N4O. The van der Waals surface area contributed by atoms with Crippen LogP contribution in [0, 0.1) is 0 Å². The first-order chi connectivity index (χ1) is 11.5. The van der Waals surface area contributed by atoms with Crippen LogP contribution in [0.2, 0.25) is 0 Å². The zero-order chi connectivity index (χ0) is 17.0. The second-order valence-corrected chi connectivity index (χ2v) is 4.96. The lowest BCUT2D eigenvalue weighted by molar-refractivity contribution is -0.274. The highest BCUT2D eigenvalue weighted by atomic mass is 19.4. The molecule has 0 spiro atoms. The van der Waals surface area contributed by atoms with Gasteiger partial charge in [0.1, 0.15) is 12.1 Å². The molecule has 1 aromatic heterocycles. The van der Waals surface area contributed by atoms with Crippen LogP contribution in [0.5, 0.6) is 5.75 Å². The first-order valence-corrected chi connectivity index (χ1v) is 7.04. The van der Waals surface area contributed by atoms with Gasteiger partial charge in [-0.05, 0) is 29.8 Å². The van der Waals surface area contributed by atoms with Crippen LogP contribution in [0.25, 0.3) is 11.4 Å². The molecule has 0 amide bonds. The van der Waals surface area contributed by atoms with Crippen LogP contribution in [-0.4, -0.2) is 21.5 Å². The van der Waals surface area contributed by atoms with Gasteiger partial charge in [0, 0.05) is 17.8 Å². The Balaban J connectivity index is 1.68. The zero-order valence-corrected chi connectivity index (χ0v) is 12.3. The molecule has 0 bridgehead atoms. The van der Waals surface area contributed by atoms with E-state index in [1.165, 1.54) is 24.5 Å². The number of aromatic amines is 1. The summed E-state index contributed by atoms with van der Waals surface area (Å²) >= 11 is 0. The minimum Gasteiger partial charge on any atom is -0.406 e. The molecule has 0 atom stereocenters. The predicted octanol–water partition coefficient (Wildman–Crippen LogP) is 3.98. The zero-order valence-electron chi connectivity index (χ0n) is 12.3. The van der Waals surface area contributed by atoms with E-state index in [0.717, 1.165) is 11.3 Å². The maximum absolute atomic E-state index is 12.3. The van der Waals surface area contributed by atoms with E-state index >= 15 is 0 Å². The third-order valence-electron chi connectivity index (χ3n) is 3.18. The van der Waals surface area contributed by atoms with Gasteiger partial charge in [-0.1, -0.05) is 24.3 Å². The third-order valence-corrected chi connectivity index (χ3v) is 3.18. The molecule has 0 unspecified atom stereocenters. The number of rotatable bonds is 5. The van der Waals surface area contributed by atoms with Crippen molar-refractivity contribution in [1.29, 1.82) is 0 Å². The van der Waals surface area contributed by atoms with E-state index in [2.05, 4.69) is 25.2 Å². The Bertz CT molecular complexity index is 803. The molecule has 124 valence electrons. The molecule has 24 heavy (non-hydrogen) atoms. The average molecular weight is 334 g/mol. The van der Waals surface area contributed by atoms with Gasteiger partial charge in [0.2, 0.25) is 0 Å². The summed E-state index contributed by atoms with van der Waals surface area (Å²) in [5.41, 5.74) is 2.33. The van der Waals surface area contributed by atoms with Crippen LogP contribution < -0.4 is 10.1 Å². The standard InChI is InChI=1S/C16H13F3N4O/c17-16(18,19)24-14-6-1-3-11(7-14)9-20-13-5-2-4-12(8-13)15-21-10-22-23-15/h1-8,10,20H,9H2,(H,21,22,23). The number of H-pyrrole nitrogens is 1. The number of nitrogens with one attached hydrogen (secondary N) is 2. The van der Waals surface area contributed by atoms with Crippen molar-refractivity contribution >= 4 is 5.69 Å². The topological polar surface area (TPSA) is 62.8 Å². The van der Waals surface area contributed by atoms with E-state index in [1.54, 1.807) is 6.07 Å². The molecule has 0 saturated heterocycles. The lowest BCUT2D eigenvalue weighted by Crippen LogP contribution is -2.17. The minimum absolute atomic E-state index is 0.239. The number of nitrogens with zero attached hydrogens (tertiary/aromatic N) is 2. The number of hydrogen-bond acceptors (Lipinski definition) is 4. The highest BCUT2D eigenvalue weighted by molar-refractivity contribution is 5.62. The second kappa shape index (κ2) is 6.61. The normalized spacial score (nSPS) is 11.3. The molecule has 5 nitrogen and oxygen atoms in total. The monoisotopic (exact) mass is 334 g/mol. The van der Waals surface area contributed by atoms with Crippen LogP contribution in [0.4, 0.5) is 18.9 Å². The Kier molecular flexibility index (Phi) is 4.37. The molecule has 0 fully saturated rings. The van der Waals surface area contributed by atoms with Crippen LogP contribution in [0.1, 0.15) is 5.56 Å². The van der Waals surface area contributed by atoms with Gasteiger partial charge >= 0.3 is 6.36 Å². The summed E-state index contributed by atoms with van der Waals surface area (Å²) < 4.78 is 40.7. The summed E-state index contributed by atoms with van der Waals surface area (Å²) in [6, 6.07) is 13.3. The van der Waals surface area contributed by atoms with E-state index in [9.17, 15) is 13.2 Å². The fourth-order valence-corrected chi connectivity index (χ4v) is 2.18. The van der Waals surface area contributed by atoms with Gasteiger partial charge in [-0.15, -0.1) is 13.2 Å². The van der Waals surface area contributed by atoms with Gasteiger partial charge in [0.25, 0.3) is 0 Å². The van der Waals surface area contributed by atoms with Crippen molar-refractivity contribution in [2.24, 2.45) is 0 Å². The van der Waals surface area contributed by atoms with E-state index < -0.39 is 6.36 Å². The third kappa shape index (κ3) is 4.25. The highest BCUT2D eigenvalue weighted by Gasteiger charge is 2.31. The lowest BCUT2D eigenvalue weighted by Gasteiger charge is -2.11. The largest absolute Gasteiger partial charge is 0.573 e. The molecule has 0 aliphatic rings. The molecule has 0 aliphatic carbocycles. The Morgan fingerprint density at radius 2 is 1.92 bits per heavy atom. The van der Waals surface area contributed by atoms with Gasteiger partial charge in [0.05, 0.1) is 0 Å². The Labute approximate surface area is 135 Å². The van der Waals surface area contributed by atoms with Gasteiger partial charge in [-0.3, -0.25) is 5.10 Å². The molecule has 0 saturated carbocycles. The maximum atomic E-state index is 12.3. The SMILES string of the molecule is FC(F)(F)Oc1cccc(CNc2cccc(-c3ncn[nH]3)c2)c1. The van der Waals surface area contributed by atoms with Crippen LogP contribution in [-0.2, 0) is 6.54 Å². The van der Waals surface area contributed by atoms with Crippen molar-refractivity contribution in [3.05, 3.63) is 60.4 Å². The number of ether oxygens (including phenoxy) is 1. The first-order valence-electron chi connectivity index (χ1n) is 7.04. The highest BCUT2D eigenvalue weighted by Crippen LogP contribution is 2.24. The molecular weight excluding hydrogens is 321 g/mol. The quantitative estimate of drug-likeness (QED) is 0.741. The molecule has 2 aromatic carbocycles. The van der Waals surface area contributed by atoms with Crippen LogP contribution in [0.15, 0.2) is 54.9 Å². The molecule has 3 aromatic rings. The number of hydrogen-bond donors (Lipinski definition) is 2. The van der Waals surface area contributed by atoms with Crippen molar-refractivity contribution < 1.29 is 17.9 Å². The number of halogens is 3. The van der Waals surface area contributed by atoms with Gasteiger partial charge in [0.15, 0.2) is 5.82 Å². The average Bonchev–Trinajstić information content (AvgIpc) is 3.06. The number of aromatic nitrogens is 3. The molecule has 1 heterocycles. The van der Waals surface area contributed by atoms with Crippen LogP contribution >= 0.6 is 0 Å². The smallest absolute Gasteiger partial charge is 0.406 e. The number of anilines is 1. The van der Waals surface area contributed by atoms with E-state index in [1.807, 2.05) is 24.3 Å². The van der Waals surface area contributed by atoms with Crippen LogP contribution in [0.3, 0.4) is 0 Å². The van der Waals surface area contributed by atoms with E-state index in [4.69, 9.17) is 0 Å². The summed E-state index contributed by atoms with van der Waals surface area (Å²) in [5.74, 6) is 0.399. The van der Waals surface area contributed by atoms with Gasteiger partial charge in [-0.2, -0.15) is 5.10 Å². The Morgan fingerprint density at radius 1 is 1.08 bits per heavy atom. The van der Waals surface area contributed by atoms with Gasteiger partial charge < -0.3 is 10.1 Å². The molecule has 8 heteroatoms. The summed E-state index contributed by atoms with van der Waals surface area (Å²) in [6.07, 6.45) is -3.28. The summed E-state index contributed by atoms with van der Waals surface area (Å²) in [4.78, 5) is 4.07. The molecule has 0 radical (unpaired) electrons.